The first kappa shape index (κ1) is 18.5. The number of fused-ring (bicyclic) bond motifs is 1. The molecule has 2 fully saturated rings. The minimum atomic E-state index is 0.288. The molecule has 9 heteroatoms. The molecule has 29 heavy (non-hydrogen) atoms. The summed E-state index contributed by atoms with van der Waals surface area (Å²) in [5, 5.41) is 17.7. The van der Waals surface area contributed by atoms with Crippen LogP contribution in [0.5, 0.6) is 0 Å². The van der Waals surface area contributed by atoms with Gasteiger partial charge in [0.2, 0.25) is 5.89 Å². The van der Waals surface area contributed by atoms with Crippen LogP contribution in [0.2, 0.25) is 0 Å². The molecule has 4 heterocycles. The second-order valence-electron chi connectivity index (χ2n) is 8.47. The third-order valence-electron chi connectivity index (χ3n) is 6.01. The van der Waals surface area contributed by atoms with E-state index in [9.17, 15) is 0 Å². The van der Waals surface area contributed by atoms with Crippen molar-refractivity contribution in [1.82, 2.24) is 34.9 Å². The van der Waals surface area contributed by atoms with E-state index in [1.54, 1.807) is 0 Å². The summed E-state index contributed by atoms with van der Waals surface area (Å²) in [6, 6.07) is 4.10. The van der Waals surface area contributed by atoms with Crippen LogP contribution in [-0.2, 0) is 6.54 Å². The molecular formula is C20H28N8O. The second-order valence-corrected chi connectivity index (χ2v) is 8.47. The Bertz CT molecular complexity index is 976. The van der Waals surface area contributed by atoms with Crippen LogP contribution < -0.4 is 4.90 Å². The summed E-state index contributed by atoms with van der Waals surface area (Å²) < 4.78 is 7.38. The van der Waals surface area contributed by atoms with Crippen LogP contribution in [0.1, 0.15) is 68.9 Å². The van der Waals surface area contributed by atoms with Gasteiger partial charge in [0.05, 0.1) is 6.54 Å². The Morgan fingerprint density at radius 3 is 2.72 bits per heavy atom. The molecule has 1 saturated carbocycles. The van der Waals surface area contributed by atoms with E-state index in [-0.39, 0.29) is 5.92 Å². The van der Waals surface area contributed by atoms with Crippen molar-refractivity contribution < 1.29 is 4.52 Å². The van der Waals surface area contributed by atoms with Crippen molar-refractivity contribution in [3.05, 3.63) is 29.7 Å². The number of hydrogen-bond acceptors (Lipinski definition) is 8. The molecule has 0 unspecified atom stereocenters. The molecule has 0 bridgehead atoms. The summed E-state index contributed by atoms with van der Waals surface area (Å²) in [5.74, 6) is 4.30. The lowest BCUT2D eigenvalue weighted by Gasteiger charge is -2.24. The maximum absolute atomic E-state index is 5.43. The fraction of sp³-hybridized carbons (Fsp3) is 0.650. The summed E-state index contributed by atoms with van der Waals surface area (Å²) in [7, 11) is 0. The van der Waals surface area contributed by atoms with Gasteiger partial charge in [-0.3, -0.25) is 4.90 Å². The van der Waals surface area contributed by atoms with Crippen molar-refractivity contribution >= 4 is 11.5 Å². The minimum absolute atomic E-state index is 0.288. The predicted octanol–water partition coefficient (Wildman–Crippen LogP) is 2.61. The van der Waals surface area contributed by atoms with E-state index in [2.05, 4.69) is 50.1 Å². The SMILES string of the molecule is CC(C)c1noc(CN2CCCN(c3ccc4nnc(C5CCC5)n4n3)CC2)n1. The minimum Gasteiger partial charge on any atom is -0.354 e. The Hall–Kier alpha value is -2.55. The second kappa shape index (κ2) is 7.70. The van der Waals surface area contributed by atoms with E-state index in [1.807, 2.05) is 10.6 Å². The molecule has 0 atom stereocenters. The summed E-state index contributed by atoms with van der Waals surface area (Å²) in [6.45, 7) is 8.72. The number of nitrogens with zero attached hydrogens (tertiary/aromatic N) is 8. The van der Waals surface area contributed by atoms with Crippen LogP contribution in [0.3, 0.4) is 0 Å². The predicted molar refractivity (Wildman–Crippen MR) is 108 cm³/mol. The molecule has 0 radical (unpaired) electrons. The van der Waals surface area contributed by atoms with Crippen LogP contribution in [0.15, 0.2) is 16.7 Å². The molecule has 3 aromatic rings. The van der Waals surface area contributed by atoms with E-state index in [0.717, 1.165) is 55.7 Å². The van der Waals surface area contributed by atoms with Gasteiger partial charge in [-0.25, -0.2) is 0 Å². The van der Waals surface area contributed by atoms with Gasteiger partial charge >= 0.3 is 0 Å². The zero-order valence-corrected chi connectivity index (χ0v) is 17.2. The van der Waals surface area contributed by atoms with Gasteiger partial charge in [-0.2, -0.15) is 9.50 Å². The standard InChI is InChI=1S/C20H28N8O/c1-14(2)19-21-18(29-25-19)13-26-9-4-10-27(12-11-26)17-8-7-16-22-23-20(28(16)24-17)15-5-3-6-15/h7-8,14-15H,3-6,9-13H2,1-2H3. The zero-order valence-electron chi connectivity index (χ0n) is 17.2. The number of hydrogen-bond donors (Lipinski definition) is 0. The van der Waals surface area contributed by atoms with Crippen LogP contribution in [0.4, 0.5) is 5.82 Å². The van der Waals surface area contributed by atoms with Crippen LogP contribution in [-0.4, -0.2) is 61.0 Å². The van der Waals surface area contributed by atoms with Crippen molar-refractivity contribution in [1.29, 1.82) is 0 Å². The fourth-order valence-electron chi connectivity index (χ4n) is 4.00. The first-order valence-corrected chi connectivity index (χ1v) is 10.7. The smallest absolute Gasteiger partial charge is 0.240 e. The molecule has 5 rings (SSSR count). The van der Waals surface area contributed by atoms with Crippen LogP contribution in [0.25, 0.3) is 5.65 Å². The molecule has 1 saturated heterocycles. The summed E-state index contributed by atoms with van der Waals surface area (Å²) in [6.07, 6.45) is 4.74. The maximum Gasteiger partial charge on any atom is 0.240 e. The van der Waals surface area contributed by atoms with E-state index in [0.29, 0.717) is 18.4 Å². The average molecular weight is 396 g/mol. The van der Waals surface area contributed by atoms with Crippen molar-refractivity contribution in [2.75, 3.05) is 31.1 Å². The van der Waals surface area contributed by atoms with Crippen molar-refractivity contribution in [2.45, 2.75) is 57.9 Å². The summed E-state index contributed by atoms with van der Waals surface area (Å²) >= 11 is 0. The number of anilines is 1. The molecule has 0 aromatic carbocycles. The van der Waals surface area contributed by atoms with E-state index >= 15 is 0 Å². The lowest BCUT2D eigenvalue weighted by molar-refractivity contribution is 0.239. The van der Waals surface area contributed by atoms with Gasteiger partial charge in [-0.1, -0.05) is 25.4 Å². The van der Waals surface area contributed by atoms with Gasteiger partial charge in [0.25, 0.3) is 0 Å². The highest BCUT2D eigenvalue weighted by Crippen LogP contribution is 2.35. The third-order valence-corrected chi connectivity index (χ3v) is 6.01. The van der Waals surface area contributed by atoms with Crippen LogP contribution >= 0.6 is 0 Å². The first-order valence-electron chi connectivity index (χ1n) is 10.7. The maximum atomic E-state index is 5.43. The Labute approximate surface area is 170 Å². The Morgan fingerprint density at radius 2 is 1.97 bits per heavy atom. The summed E-state index contributed by atoms with van der Waals surface area (Å²) in [4.78, 5) is 9.26. The highest BCUT2D eigenvalue weighted by Gasteiger charge is 2.26. The fourth-order valence-corrected chi connectivity index (χ4v) is 4.00. The largest absolute Gasteiger partial charge is 0.354 e. The molecule has 3 aromatic heterocycles. The topological polar surface area (TPSA) is 88.5 Å². The molecule has 0 amide bonds. The number of aromatic nitrogens is 6. The molecule has 9 nitrogen and oxygen atoms in total. The average Bonchev–Trinajstić information content (AvgIpc) is 3.23. The van der Waals surface area contributed by atoms with Crippen molar-refractivity contribution in [3.8, 4) is 0 Å². The van der Waals surface area contributed by atoms with Gasteiger partial charge in [0.1, 0.15) is 5.82 Å². The Kier molecular flexibility index (Phi) is 4.91. The third kappa shape index (κ3) is 3.71. The van der Waals surface area contributed by atoms with Crippen molar-refractivity contribution in [3.63, 3.8) is 0 Å². The molecule has 1 aliphatic carbocycles. The van der Waals surface area contributed by atoms with Gasteiger partial charge in [0.15, 0.2) is 17.3 Å². The van der Waals surface area contributed by atoms with Gasteiger partial charge in [-0.15, -0.1) is 15.3 Å². The summed E-state index contributed by atoms with van der Waals surface area (Å²) in [5.41, 5.74) is 0.837. The van der Waals surface area contributed by atoms with Gasteiger partial charge < -0.3 is 9.42 Å². The molecule has 0 spiro atoms. The lowest BCUT2D eigenvalue weighted by atomic mass is 9.85. The molecule has 154 valence electrons. The van der Waals surface area contributed by atoms with E-state index in [1.165, 1.54) is 19.3 Å². The van der Waals surface area contributed by atoms with Crippen LogP contribution in [0, 0.1) is 0 Å². The van der Waals surface area contributed by atoms with Gasteiger partial charge in [-0.05, 0) is 31.4 Å². The first-order chi connectivity index (χ1) is 14.2. The van der Waals surface area contributed by atoms with E-state index in [4.69, 9.17) is 9.62 Å². The highest BCUT2D eigenvalue weighted by atomic mass is 16.5. The quantitative estimate of drug-likeness (QED) is 0.650. The molecule has 2 aliphatic rings. The Balaban J connectivity index is 1.27. The number of rotatable bonds is 5. The van der Waals surface area contributed by atoms with Gasteiger partial charge in [0, 0.05) is 38.0 Å². The lowest BCUT2D eigenvalue weighted by Crippen LogP contribution is -2.31. The van der Waals surface area contributed by atoms with E-state index < -0.39 is 0 Å². The molecular weight excluding hydrogens is 368 g/mol. The highest BCUT2D eigenvalue weighted by molar-refractivity contribution is 5.46. The normalized spacial score (nSPS) is 19.1. The van der Waals surface area contributed by atoms with Crippen molar-refractivity contribution in [2.24, 2.45) is 0 Å². The zero-order chi connectivity index (χ0) is 19.8. The monoisotopic (exact) mass is 396 g/mol. The molecule has 1 aliphatic heterocycles. The Morgan fingerprint density at radius 1 is 1.07 bits per heavy atom. The molecule has 0 N–H and O–H groups in total.